The van der Waals surface area contributed by atoms with Crippen LogP contribution >= 0.6 is 39.9 Å². The quantitative estimate of drug-likeness (QED) is 0.368. The van der Waals surface area contributed by atoms with E-state index in [0.29, 0.717) is 11.3 Å². The minimum absolute atomic E-state index is 0. The van der Waals surface area contributed by atoms with Gasteiger partial charge in [0.05, 0.1) is 0 Å². The molecule has 4 nitrogen and oxygen atoms in total. The molecule has 3 rings (SSSR count). The lowest BCUT2D eigenvalue weighted by molar-refractivity contribution is 0.368. The van der Waals surface area contributed by atoms with E-state index in [0.717, 1.165) is 43.2 Å². The van der Waals surface area contributed by atoms with Gasteiger partial charge in [-0.2, -0.15) is 0 Å². The molecule has 2 saturated heterocycles. The van der Waals surface area contributed by atoms with Crippen LogP contribution in [0.25, 0.3) is 0 Å². The van der Waals surface area contributed by atoms with Crippen LogP contribution < -0.4 is 10.2 Å². The zero-order valence-corrected chi connectivity index (χ0v) is 19.4. The fourth-order valence-electron chi connectivity index (χ4n) is 3.77. The Bertz CT molecular complexity index is 605. The third-order valence-corrected chi connectivity index (χ3v) is 5.69. The summed E-state index contributed by atoms with van der Waals surface area (Å²) in [7, 11) is 1.90. The first kappa shape index (κ1) is 20.8. The fourth-order valence-corrected chi connectivity index (χ4v) is 4.15. The van der Waals surface area contributed by atoms with E-state index in [4.69, 9.17) is 0 Å². The van der Waals surface area contributed by atoms with E-state index in [1.807, 2.05) is 7.05 Å². The Kier molecular flexibility index (Phi) is 7.43. The molecule has 0 radical (unpaired) electrons. The van der Waals surface area contributed by atoms with Crippen molar-refractivity contribution < 1.29 is 0 Å². The fraction of sp³-hybridized carbons (Fsp3) is 0.632. The van der Waals surface area contributed by atoms with Crippen molar-refractivity contribution in [3.05, 3.63) is 28.7 Å². The number of aliphatic imine (C=N–C) groups is 1. The Morgan fingerprint density at radius 3 is 2.80 bits per heavy atom. The molecular weight excluding hydrogens is 491 g/mol. The van der Waals surface area contributed by atoms with Crippen molar-refractivity contribution in [2.75, 3.05) is 44.7 Å². The van der Waals surface area contributed by atoms with E-state index >= 15 is 0 Å². The summed E-state index contributed by atoms with van der Waals surface area (Å²) in [5.41, 5.74) is 1.72. The van der Waals surface area contributed by atoms with Crippen LogP contribution in [0, 0.1) is 11.3 Å². The van der Waals surface area contributed by atoms with Gasteiger partial charge in [-0.1, -0.05) is 35.8 Å². The van der Waals surface area contributed by atoms with E-state index in [9.17, 15) is 0 Å². The van der Waals surface area contributed by atoms with Gasteiger partial charge in [-0.3, -0.25) is 4.99 Å². The van der Waals surface area contributed by atoms with Gasteiger partial charge in [-0.25, -0.2) is 0 Å². The van der Waals surface area contributed by atoms with Crippen LogP contribution in [0.1, 0.15) is 26.7 Å². The average molecular weight is 521 g/mol. The van der Waals surface area contributed by atoms with Gasteiger partial charge in [0.15, 0.2) is 5.96 Å². The molecule has 2 aliphatic rings. The number of hydrogen-bond donors (Lipinski definition) is 1. The Morgan fingerprint density at radius 1 is 1.36 bits per heavy atom. The lowest BCUT2D eigenvalue weighted by atomic mass is 9.93. The van der Waals surface area contributed by atoms with Crippen molar-refractivity contribution in [1.29, 1.82) is 0 Å². The normalized spacial score (nSPS) is 22.9. The van der Waals surface area contributed by atoms with Gasteiger partial charge in [0.25, 0.3) is 0 Å². The van der Waals surface area contributed by atoms with Crippen LogP contribution in [0.5, 0.6) is 0 Å². The monoisotopic (exact) mass is 520 g/mol. The Labute approximate surface area is 177 Å². The molecular formula is C19H30BrIN4. The molecule has 140 valence electrons. The minimum atomic E-state index is 0. The summed E-state index contributed by atoms with van der Waals surface area (Å²) >= 11 is 3.57. The molecule has 1 aromatic carbocycles. The second-order valence-corrected chi connectivity index (χ2v) is 8.76. The molecule has 6 heteroatoms. The Hall–Kier alpha value is -0.500. The van der Waals surface area contributed by atoms with E-state index in [2.05, 4.69) is 74.2 Å². The van der Waals surface area contributed by atoms with Crippen molar-refractivity contribution in [2.45, 2.75) is 26.7 Å². The highest BCUT2D eigenvalue weighted by molar-refractivity contribution is 14.0. The molecule has 0 amide bonds. The van der Waals surface area contributed by atoms with E-state index < -0.39 is 0 Å². The second-order valence-electron chi connectivity index (χ2n) is 7.84. The predicted octanol–water partition coefficient (Wildman–Crippen LogP) is 4.20. The van der Waals surface area contributed by atoms with Crippen LogP contribution in [-0.2, 0) is 0 Å². The number of nitrogens with one attached hydrogen (secondary N) is 1. The highest BCUT2D eigenvalue weighted by Gasteiger charge is 2.31. The number of likely N-dealkylation sites (tertiary alicyclic amines) is 1. The number of rotatable bonds is 3. The maximum atomic E-state index is 4.50. The third-order valence-electron chi connectivity index (χ3n) is 5.20. The number of halogens is 2. The molecule has 1 atom stereocenters. The molecule has 0 saturated carbocycles. The van der Waals surface area contributed by atoms with Crippen molar-refractivity contribution in [2.24, 2.45) is 16.3 Å². The Balaban J connectivity index is 0.00000225. The van der Waals surface area contributed by atoms with Gasteiger partial charge in [-0.05, 0) is 42.4 Å². The van der Waals surface area contributed by atoms with Crippen LogP contribution in [0.3, 0.4) is 0 Å². The van der Waals surface area contributed by atoms with Crippen molar-refractivity contribution >= 4 is 51.6 Å². The summed E-state index contributed by atoms with van der Waals surface area (Å²) in [5.74, 6) is 1.75. The molecule has 0 aliphatic carbocycles. The number of nitrogens with zero attached hydrogens (tertiary/aromatic N) is 3. The van der Waals surface area contributed by atoms with Gasteiger partial charge in [0, 0.05) is 49.9 Å². The number of benzene rings is 1. The summed E-state index contributed by atoms with van der Waals surface area (Å²) in [6, 6.07) is 8.61. The SMILES string of the molecule is CN=C(NCC1CCN(c2cccc(Br)c2)C1)N1CCC(C)(C)C1.I. The summed E-state index contributed by atoms with van der Waals surface area (Å²) in [4.78, 5) is 9.39. The van der Waals surface area contributed by atoms with E-state index in [1.54, 1.807) is 0 Å². The van der Waals surface area contributed by atoms with Crippen LogP contribution in [-0.4, -0.2) is 50.6 Å². The van der Waals surface area contributed by atoms with Crippen molar-refractivity contribution in [3.8, 4) is 0 Å². The highest BCUT2D eigenvalue weighted by Crippen LogP contribution is 2.29. The maximum Gasteiger partial charge on any atom is 0.193 e. The standard InChI is InChI=1S/C19H29BrN4.HI/c1-19(2)8-10-24(14-19)18(21-3)22-12-15-7-9-23(13-15)17-6-4-5-16(20)11-17;/h4-6,11,15H,7-10,12-14H2,1-3H3,(H,21,22);1H. The Morgan fingerprint density at radius 2 is 2.16 bits per heavy atom. The topological polar surface area (TPSA) is 30.9 Å². The lowest BCUT2D eigenvalue weighted by Crippen LogP contribution is -2.42. The smallest absolute Gasteiger partial charge is 0.193 e. The zero-order valence-electron chi connectivity index (χ0n) is 15.5. The molecule has 2 fully saturated rings. The van der Waals surface area contributed by atoms with Gasteiger partial charge >= 0.3 is 0 Å². The average Bonchev–Trinajstić information content (AvgIpc) is 3.15. The summed E-state index contributed by atoms with van der Waals surface area (Å²) < 4.78 is 1.15. The maximum absolute atomic E-state index is 4.50. The molecule has 1 N–H and O–H groups in total. The van der Waals surface area contributed by atoms with Crippen molar-refractivity contribution in [1.82, 2.24) is 10.2 Å². The van der Waals surface area contributed by atoms with E-state index in [1.165, 1.54) is 18.5 Å². The van der Waals surface area contributed by atoms with E-state index in [-0.39, 0.29) is 24.0 Å². The summed E-state index contributed by atoms with van der Waals surface area (Å²) in [5, 5.41) is 3.61. The number of anilines is 1. The molecule has 2 heterocycles. The zero-order chi connectivity index (χ0) is 17.2. The number of hydrogen-bond acceptors (Lipinski definition) is 2. The minimum Gasteiger partial charge on any atom is -0.371 e. The predicted molar refractivity (Wildman–Crippen MR) is 121 cm³/mol. The molecule has 25 heavy (non-hydrogen) atoms. The second kappa shape index (κ2) is 8.93. The van der Waals surface area contributed by atoms with Gasteiger partial charge in [-0.15, -0.1) is 24.0 Å². The molecule has 0 spiro atoms. The van der Waals surface area contributed by atoms with Gasteiger partial charge in [0.1, 0.15) is 0 Å². The van der Waals surface area contributed by atoms with Crippen LogP contribution in [0.2, 0.25) is 0 Å². The van der Waals surface area contributed by atoms with Crippen LogP contribution in [0.4, 0.5) is 5.69 Å². The van der Waals surface area contributed by atoms with Gasteiger partial charge in [0.2, 0.25) is 0 Å². The van der Waals surface area contributed by atoms with Gasteiger partial charge < -0.3 is 15.1 Å². The third kappa shape index (κ3) is 5.49. The number of guanidine groups is 1. The molecule has 2 aliphatic heterocycles. The molecule has 0 aromatic heterocycles. The summed E-state index contributed by atoms with van der Waals surface area (Å²) in [6.45, 7) is 10.2. The molecule has 1 aromatic rings. The first-order valence-corrected chi connectivity index (χ1v) is 9.72. The first-order valence-electron chi connectivity index (χ1n) is 8.93. The highest BCUT2D eigenvalue weighted by atomic mass is 127. The van der Waals surface area contributed by atoms with Crippen molar-refractivity contribution in [3.63, 3.8) is 0 Å². The first-order chi connectivity index (χ1) is 11.5. The lowest BCUT2D eigenvalue weighted by Gasteiger charge is -2.25. The largest absolute Gasteiger partial charge is 0.371 e. The van der Waals surface area contributed by atoms with Crippen LogP contribution in [0.15, 0.2) is 33.7 Å². The molecule has 1 unspecified atom stereocenters. The molecule has 0 bridgehead atoms. The summed E-state index contributed by atoms with van der Waals surface area (Å²) in [6.07, 6.45) is 2.48.